The van der Waals surface area contributed by atoms with Crippen LogP contribution in [0.5, 0.6) is 0 Å². The molecule has 0 aliphatic carbocycles. The number of unbranched alkanes of at least 4 members (excludes halogenated alkanes) is 10. The lowest BCUT2D eigenvalue weighted by Crippen LogP contribution is -2.20. The van der Waals surface area contributed by atoms with Crippen molar-refractivity contribution in [2.75, 3.05) is 27.2 Å². The van der Waals surface area contributed by atoms with Gasteiger partial charge < -0.3 is 14.7 Å². The molecule has 0 aromatic rings. The van der Waals surface area contributed by atoms with E-state index in [1.807, 2.05) is 14.1 Å². The highest BCUT2D eigenvalue weighted by molar-refractivity contribution is 5.69. The van der Waals surface area contributed by atoms with Gasteiger partial charge in [-0.1, -0.05) is 64.7 Å². The van der Waals surface area contributed by atoms with Gasteiger partial charge in [-0.3, -0.25) is 4.79 Å². The minimum Gasteiger partial charge on any atom is -0.462 e. The van der Waals surface area contributed by atoms with Gasteiger partial charge in [0, 0.05) is 13.0 Å². The number of carbonyl (C=O) groups excluding carboxylic acids is 1. The third-order valence-electron chi connectivity index (χ3n) is 5.10. The minimum atomic E-state index is -0.0231. The quantitative estimate of drug-likeness (QED) is 0.215. The monoisotopic (exact) mass is 385 g/mol. The van der Waals surface area contributed by atoms with E-state index in [2.05, 4.69) is 11.8 Å². The maximum absolute atomic E-state index is 12.1. The third-order valence-corrected chi connectivity index (χ3v) is 5.10. The molecule has 0 aromatic carbocycles. The first-order valence-corrected chi connectivity index (χ1v) is 11.5. The Morgan fingerprint density at radius 3 is 1.85 bits per heavy atom. The second-order valence-corrected chi connectivity index (χ2v) is 8.21. The molecule has 27 heavy (non-hydrogen) atoms. The molecule has 0 aliphatic heterocycles. The van der Waals surface area contributed by atoms with E-state index in [0.29, 0.717) is 13.0 Å². The number of carbonyl (C=O) groups is 1. The number of aliphatic hydroxyl groups excluding tert-OH is 1. The van der Waals surface area contributed by atoms with Gasteiger partial charge in [-0.2, -0.15) is 0 Å². The summed E-state index contributed by atoms with van der Waals surface area (Å²) in [5, 5.41) is 8.84. The van der Waals surface area contributed by atoms with Crippen LogP contribution in [-0.2, 0) is 9.53 Å². The van der Waals surface area contributed by atoms with Gasteiger partial charge in [0.25, 0.3) is 0 Å². The number of aliphatic hydroxyl groups is 1. The molecule has 4 nitrogen and oxygen atoms in total. The van der Waals surface area contributed by atoms with Crippen LogP contribution in [0.4, 0.5) is 0 Å². The zero-order chi connectivity index (χ0) is 20.2. The molecule has 0 saturated heterocycles. The molecular weight excluding hydrogens is 338 g/mol. The number of rotatable bonds is 20. The zero-order valence-electron chi connectivity index (χ0n) is 18.5. The summed E-state index contributed by atoms with van der Waals surface area (Å²) in [4.78, 5) is 14.3. The summed E-state index contributed by atoms with van der Waals surface area (Å²) >= 11 is 0. The van der Waals surface area contributed by atoms with Crippen LogP contribution in [0.2, 0.25) is 0 Å². The first-order valence-electron chi connectivity index (χ1n) is 11.5. The second kappa shape index (κ2) is 20.1. The molecule has 1 N–H and O–H groups in total. The lowest BCUT2D eigenvalue weighted by molar-refractivity contribution is -0.150. The molecule has 0 rings (SSSR count). The fourth-order valence-corrected chi connectivity index (χ4v) is 3.39. The fourth-order valence-electron chi connectivity index (χ4n) is 3.39. The molecule has 0 saturated carbocycles. The van der Waals surface area contributed by atoms with E-state index in [-0.39, 0.29) is 12.1 Å². The highest BCUT2D eigenvalue weighted by Gasteiger charge is 2.14. The first kappa shape index (κ1) is 26.4. The lowest BCUT2D eigenvalue weighted by atomic mass is 10.0. The largest absolute Gasteiger partial charge is 0.462 e. The van der Waals surface area contributed by atoms with Gasteiger partial charge in [0.05, 0.1) is 0 Å². The van der Waals surface area contributed by atoms with Gasteiger partial charge in [0.15, 0.2) is 0 Å². The van der Waals surface area contributed by atoms with Crippen LogP contribution in [0.1, 0.15) is 110 Å². The fraction of sp³-hybridized carbons (Fsp3) is 0.957. The summed E-state index contributed by atoms with van der Waals surface area (Å²) in [7, 11) is 4.07. The van der Waals surface area contributed by atoms with Crippen molar-refractivity contribution in [3.63, 3.8) is 0 Å². The van der Waals surface area contributed by atoms with Crippen LogP contribution in [-0.4, -0.2) is 49.3 Å². The van der Waals surface area contributed by atoms with Crippen molar-refractivity contribution in [3.8, 4) is 0 Å². The highest BCUT2D eigenvalue weighted by atomic mass is 16.5. The van der Waals surface area contributed by atoms with Gasteiger partial charge in [-0.15, -0.1) is 0 Å². The van der Waals surface area contributed by atoms with E-state index in [9.17, 15) is 4.79 Å². The SMILES string of the molecule is CCCCCCCCCC(CCCCCCCO)OC(=O)CCCN(C)C. The summed E-state index contributed by atoms with van der Waals surface area (Å²) in [6, 6.07) is 0. The molecule has 0 spiro atoms. The maximum Gasteiger partial charge on any atom is 0.306 e. The van der Waals surface area contributed by atoms with Crippen LogP contribution < -0.4 is 0 Å². The summed E-state index contributed by atoms with van der Waals surface area (Å²) in [6.45, 7) is 3.48. The molecule has 0 heterocycles. The Labute approximate surface area is 169 Å². The number of hydrogen-bond donors (Lipinski definition) is 1. The molecule has 0 aliphatic rings. The Hall–Kier alpha value is -0.610. The minimum absolute atomic E-state index is 0.0231. The van der Waals surface area contributed by atoms with Crippen molar-refractivity contribution in [1.29, 1.82) is 0 Å². The Kier molecular flexibility index (Phi) is 19.7. The summed E-state index contributed by atoms with van der Waals surface area (Å²) < 4.78 is 5.81. The van der Waals surface area contributed by atoms with Gasteiger partial charge in [-0.25, -0.2) is 0 Å². The number of nitrogens with zero attached hydrogens (tertiary/aromatic N) is 1. The van der Waals surface area contributed by atoms with Gasteiger partial charge in [-0.05, 0) is 59.2 Å². The Balaban J connectivity index is 4.02. The van der Waals surface area contributed by atoms with Crippen molar-refractivity contribution < 1.29 is 14.6 Å². The van der Waals surface area contributed by atoms with Gasteiger partial charge in [0.2, 0.25) is 0 Å². The second-order valence-electron chi connectivity index (χ2n) is 8.21. The Bertz CT molecular complexity index is 321. The standard InChI is InChI=1S/C23H47NO3/c1-4-5-6-7-8-10-13-17-22(18-14-11-9-12-15-21-25)27-23(26)19-16-20-24(2)3/h22,25H,4-21H2,1-3H3. The molecule has 1 unspecified atom stereocenters. The zero-order valence-corrected chi connectivity index (χ0v) is 18.5. The maximum atomic E-state index is 12.1. The third kappa shape index (κ3) is 19.9. The van der Waals surface area contributed by atoms with Crippen LogP contribution in [0.25, 0.3) is 0 Å². The molecule has 0 bridgehead atoms. The van der Waals surface area contributed by atoms with E-state index >= 15 is 0 Å². The van der Waals surface area contributed by atoms with E-state index in [0.717, 1.165) is 45.1 Å². The van der Waals surface area contributed by atoms with E-state index in [4.69, 9.17) is 9.84 Å². The molecule has 162 valence electrons. The van der Waals surface area contributed by atoms with Crippen LogP contribution >= 0.6 is 0 Å². The molecule has 0 radical (unpaired) electrons. The van der Waals surface area contributed by atoms with Crippen molar-refractivity contribution in [2.24, 2.45) is 0 Å². The highest BCUT2D eigenvalue weighted by Crippen LogP contribution is 2.17. The lowest BCUT2D eigenvalue weighted by Gasteiger charge is -2.18. The van der Waals surface area contributed by atoms with Gasteiger partial charge in [0.1, 0.15) is 6.10 Å². The summed E-state index contributed by atoms with van der Waals surface area (Å²) in [5.41, 5.74) is 0. The van der Waals surface area contributed by atoms with Crippen molar-refractivity contribution in [1.82, 2.24) is 4.90 Å². The van der Waals surface area contributed by atoms with Gasteiger partial charge >= 0.3 is 5.97 Å². The van der Waals surface area contributed by atoms with Crippen molar-refractivity contribution in [3.05, 3.63) is 0 Å². The van der Waals surface area contributed by atoms with Crippen molar-refractivity contribution >= 4 is 5.97 Å². The average Bonchev–Trinajstić information content (AvgIpc) is 2.63. The Morgan fingerprint density at radius 2 is 1.33 bits per heavy atom. The van der Waals surface area contributed by atoms with Crippen molar-refractivity contribution in [2.45, 2.75) is 116 Å². The van der Waals surface area contributed by atoms with E-state index in [1.165, 1.54) is 57.8 Å². The molecule has 0 amide bonds. The molecule has 0 fully saturated rings. The predicted molar refractivity (Wildman–Crippen MR) is 115 cm³/mol. The predicted octanol–water partition coefficient (Wildman–Crippen LogP) is 5.71. The topological polar surface area (TPSA) is 49.8 Å². The normalized spacial score (nSPS) is 12.5. The molecular formula is C23H47NO3. The smallest absolute Gasteiger partial charge is 0.306 e. The summed E-state index contributed by atoms with van der Waals surface area (Å²) in [6.07, 6.45) is 18.1. The van der Waals surface area contributed by atoms with E-state index < -0.39 is 0 Å². The van der Waals surface area contributed by atoms with Crippen LogP contribution in [0.3, 0.4) is 0 Å². The number of hydrogen-bond acceptors (Lipinski definition) is 4. The molecule has 4 heteroatoms. The number of ether oxygens (including phenoxy) is 1. The van der Waals surface area contributed by atoms with Crippen LogP contribution in [0, 0.1) is 0 Å². The molecule has 1 atom stereocenters. The van der Waals surface area contributed by atoms with E-state index in [1.54, 1.807) is 0 Å². The molecule has 0 aromatic heterocycles. The first-order chi connectivity index (χ1) is 13.1. The summed E-state index contributed by atoms with van der Waals surface area (Å²) in [5.74, 6) is -0.0231. The number of esters is 1. The van der Waals surface area contributed by atoms with Crippen LogP contribution in [0.15, 0.2) is 0 Å². The average molecular weight is 386 g/mol. The Morgan fingerprint density at radius 1 is 0.815 bits per heavy atom.